The fraction of sp³-hybridized carbons (Fsp3) is 0.917. The van der Waals surface area contributed by atoms with Crippen LogP contribution in [0.3, 0.4) is 0 Å². The molecular formula is C12H23O. The van der Waals surface area contributed by atoms with E-state index in [0.717, 1.165) is 5.92 Å². The van der Waals surface area contributed by atoms with Gasteiger partial charge in [0, 0.05) is 0 Å². The molecule has 1 heteroatoms. The van der Waals surface area contributed by atoms with Crippen LogP contribution in [0, 0.1) is 24.2 Å². The molecule has 0 saturated heterocycles. The molecule has 0 aliphatic heterocycles. The van der Waals surface area contributed by atoms with Gasteiger partial charge in [-0.05, 0) is 43.4 Å². The van der Waals surface area contributed by atoms with Gasteiger partial charge in [0.2, 0.25) is 0 Å². The van der Waals surface area contributed by atoms with E-state index in [2.05, 4.69) is 27.7 Å². The minimum Gasteiger partial charge on any atom is -0.390 e. The smallest absolute Gasteiger partial charge is 0.0655 e. The molecule has 77 valence electrons. The Hall–Kier alpha value is -0.0400. The third-order valence-electron chi connectivity index (χ3n) is 3.20. The summed E-state index contributed by atoms with van der Waals surface area (Å²) >= 11 is 0. The molecule has 0 aromatic rings. The fourth-order valence-corrected chi connectivity index (χ4v) is 2.73. The van der Waals surface area contributed by atoms with E-state index in [1.807, 2.05) is 6.92 Å². The second-order valence-corrected chi connectivity index (χ2v) is 5.79. The molecule has 1 radical (unpaired) electrons. The molecule has 0 bridgehead atoms. The standard InChI is InChI=1S/C12H23O/c1-6-12(5,13)10(9-7-8-9)11(2,3)4/h9-10,13H,1,6-8H2,2-5H3. The monoisotopic (exact) mass is 183 g/mol. The summed E-state index contributed by atoms with van der Waals surface area (Å²) < 4.78 is 0. The lowest BCUT2D eigenvalue weighted by atomic mass is 9.67. The van der Waals surface area contributed by atoms with Crippen molar-refractivity contribution in [1.82, 2.24) is 0 Å². The maximum atomic E-state index is 10.3. The third-order valence-corrected chi connectivity index (χ3v) is 3.20. The normalized spacial score (nSPS) is 25.4. The molecule has 0 spiro atoms. The molecule has 1 saturated carbocycles. The second-order valence-electron chi connectivity index (χ2n) is 5.79. The summed E-state index contributed by atoms with van der Waals surface area (Å²) in [6, 6.07) is 0. The van der Waals surface area contributed by atoms with E-state index in [-0.39, 0.29) is 5.41 Å². The van der Waals surface area contributed by atoms with E-state index < -0.39 is 5.60 Å². The van der Waals surface area contributed by atoms with Gasteiger partial charge in [-0.25, -0.2) is 0 Å². The van der Waals surface area contributed by atoms with E-state index in [4.69, 9.17) is 0 Å². The molecule has 0 aromatic carbocycles. The molecule has 1 aliphatic rings. The Labute approximate surface area is 82.5 Å². The van der Waals surface area contributed by atoms with Gasteiger partial charge in [0.15, 0.2) is 0 Å². The van der Waals surface area contributed by atoms with Crippen molar-refractivity contribution in [2.75, 3.05) is 0 Å². The van der Waals surface area contributed by atoms with E-state index in [1.54, 1.807) is 0 Å². The van der Waals surface area contributed by atoms with Gasteiger partial charge in [0.25, 0.3) is 0 Å². The molecule has 2 atom stereocenters. The summed E-state index contributed by atoms with van der Waals surface area (Å²) in [5.41, 5.74) is -0.387. The van der Waals surface area contributed by atoms with Crippen LogP contribution in [0.15, 0.2) is 0 Å². The highest BCUT2D eigenvalue weighted by Gasteiger charge is 2.47. The van der Waals surface area contributed by atoms with Crippen molar-refractivity contribution in [2.24, 2.45) is 17.3 Å². The predicted octanol–water partition coefficient (Wildman–Crippen LogP) is 3.03. The molecule has 1 N–H and O–H groups in total. The molecule has 1 aliphatic carbocycles. The molecule has 0 amide bonds. The Morgan fingerprint density at radius 3 is 2.00 bits per heavy atom. The molecule has 1 nitrogen and oxygen atoms in total. The van der Waals surface area contributed by atoms with Crippen LogP contribution < -0.4 is 0 Å². The van der Waals surface area contributed by atoms with Gasteiger partial charge in [-0.15, -0.1) is 0 Å². The maximum absolute atomic E-state index is 10.3. The molecular weight excluding hydrogens is 160 g/mol. The van der Waals surface area contributed by atoms with Gasteiger partial charge in [0.1, 0.15) is 0 Å². The lowest BCUT2D eigenvalue weighted by molar-refractivity contribution is -0.0567. The Morgan fingerprint density at radius 1 is 1.31 bits per heavy atom. The summed E-state index contributed by atoms with van der Waals surface area (Å²) in [5, 5.41) is 10.3. The van der Waals surface area contributed by atoms with E-state index in [0.29, 0.717) is 12.3 Å². The molecule has 0 aromatic heterocycles. The highest BCUT2D eigenvalue weighted by atomic mass is 16.3. The summed E-state index contributed by atoms with van der Waals surface area (Å²) in [4.78, 5) is 0. The minimum absolute atomic E-state index is 0.197. The Balaban J connectivity index is 2.79. The van der Waals surface area contributed by atoms with Crippen LogP contribution in [-0.2, 0) is 0 Å². The van der Waals surface area contributed by atoms with Gasteiger partial charge < -0.3 is 5.11 Å². The van der Waals surface area contributed by atoms with Crippen molar-refractivity contribution in [3.8, 4) is 0 Å². The summed E-state index contributed by atoms with van der Waals surface area (Å²) in [6.07, 6.45) is 3.20. The quantitative estimate of drug-likeness (QED) is 0.713. The zero-order valence-corrected chi connectivity index (χ0v) is 9.43. The van der Waals surface area contributed by atoms with Gasteiger partial charge >= 0.3 is 0 Å². The second kappa shape index (κ2) is 3.27. The van der Waals surface area contributed by atoms with Crippen molar-refractivity contribution >= 4 is 0 Å². The molecule has 0 heterocycles. The van der Waals surface area contributed by atoms with Crippen molar-refractivity contribution in [3.63, 3.8) is 0 Å². The van der Waals surface area contributed by atoms with Crippen LogP contribution in [0.25, 0.3) is 0 Å². The Morgan fingerprint density at radius 2 is 1.77 bits per heavy atom. The van der Waals surface area contributed by atoms with E-state index >= 15 is 0 Å². The van der Waals surface area contributed by atoms with Crippen molar-refractivity contribution in [1.29, 1.82) is 0 Å². The summed E-state index contributed by atoms with van der Waals surface area (Å²) in [6.45, 7) is 12.5. The number of aliphatic hydroxyl groups is 1. The molecule has 1 rings (SSSR count). The Kier molecular flexibility index (Phi) is 2.78. The molecule has 13 heavy (non-hydrogen) atoms. The first-order valence-electron chi connectivity index (χ1n) is 5.30. The third kappa shape index (κ3) is 2.46. The topological polar surface area (TPSA) is 20.2 Å². The van der Waals surface area contributed by atoms with Crippen LogP contribution in [0.5, 0.6) is 0 Å². The lowest BCUT2D eigenvalue weighted by Crippen LogP contribution is -2.43. The number of hydrogen-bond donors (Lipinski definition) is 1. The lowest BCUT2D eigenvalue weighted by Gasteiger charge is -2.41. The first-order valence-corrected chi connectivity index (χ1v) is 5.30. The van der Waals surface area contributed by atoms with Crippen LogP contribution >= 0.6 is 0 Å². The van der Waals surface area contributed by atoms with Gasteiger partial charge in [0.05, 0.1) is 5.60 Å². The highest BCUT2D eigenvalue weighted by molar-refractivity contribution is 4.98. The highest BCUT2D eigenvalue weighted by Crippen LogP contribution is 2.51. The largest absolute Gasteiger partial charge is 0.390 e. The minimum atomic E-state index is -0.584. The molecule has 2 unspecified atom stereocenters. The van der Waals surface area contributed by atoms with Gasteiger partial charge in [-0.2, -0.15) is 0 Å². The number of hydrogen-bond acceptors (Lipinski definition) is 1. The summed E-state index contributed by atoms with van der Waals surface area (Å²) in [5.74, 6) is 1.13. The van der Waals surface area contributed by atoms with Crippen molar-refractivity contribution in [3.05, 3.63) is 6.92 Å². The van der Waals surface area contributed by atoms with Crippen LogP contribution in [-0.4, -0.2) is 10.7 Å². The van der Waals surface area contributed by atoms with Gasteiger partial charge in [-0.1, -0.05) is 27.7 Å². The average molecular weight is 183 g/mol. The first-order chi connectivity index (χ1) is 5.79. The number of rotatable bonds is 3. The zero-order chi connectivity index (χ0) is 10.3. The first kappa shape index (κ1) is 11.0. The van der Waals surface area contributed by atoms with E-state index in [9.17, 15) is 5.11 Å². The summed E-state index contributed by atoms with van der Waals surface area (Å²) in [7, 11) is 0. The Bertz CT molecular complexity index is 172. The van der Waals surface area contributed by atoms with Gasteiger partial charge in [-0.3, -0.25) is 0 Å². The van der Waals surface area contributed by atoms with Crippen molar-refractivity contribution < 1.29 is 5.11 Å². The van der Waals surface area contributed by atoms with Crippen LogP contribution in [0.2, 0.25) is 0 Å². The SMILES string of the molecule is [CH2]CC(C)(O)C(C1CC1)C(C)(C)C. The van der Waals surface area contributed by atoms with E-state index in [1.165, 1.54) is 12.8 Å². The van der Waals surface area contributed by atoms with Crippen molar-refractivity contribution in [2.45, 2.75) is 52.6 Å². The fourth-order valence-electron chi connectivity index (χ4n) is 2.73. The maximum Gasteiger partial charge on any atom is 0.0655 e. The predicted molar refractivity (Wildman–Crippen MR) is 56.3 cm³/mol. The molecule has 1 fully saturated rings. The zero-order valence-electron chi connectivity index (χ0n) is 9.43. The van der Waals surface area contributed by atoms with Crippen LogP contribution in [0.1, 0.15) is 47.0 Å². The average Bonchev–Trinajstić information content (AvgIpc) is 2.68. The van der Waals surface area contributed by atoms with Crippen LogP contribution in [0.4, 0.5) is 0 Å².